The van der Waals surface area contributed by atoms with Gasteiger partial charge in [0.15, 0.2) is 11.6 Å². The van der Waals surface area contributed by atoms with E-state index in [0.29, 0.717) is 16.7 Å². The van der Waals surface area contributed by atoms with Crippen molar-refractivity contribution in [2.75, 3.05) is 0 Å². The molecule has 3 aromatic rings. The van der Waals surface area contributed by atoms with Crippen LogP contribution in [0.4, 0.5) is 0 Å². The fourth-order valence-corrected chi connectivity index (χ4v) is 4.03. The van der Waals surface area contributed by atoms with Crippen molar-refractivity contribution in [1.29, 1.82) is 0 Å². The normalized spacial score (nSPS) is 16.3. The summed E-state index contributed by atoms with van der Waals surface area (Å²) in [6.45, 7) is 0. The van der Waals surface area contributed by atoms with Gasteiger partial charge in [0.2, 0.25) is 0 Å². The third kappa shape index (κ3) is 2.74. The van der Waals surface area contributed by atoms with E-state index >= 15 is 0 Å². The minimum Gasteiger partial charge on any atom is -0.293 e. The van der Waals surface area contributed by atoms with Gasteiger partial charge in [0.25, 0.3) is 0 Å². The first-order valence-corrected chi connectivity index (χ1v) is 9.27. The smallest absolute Gasteiger partial charge is 0.191 e. The van der Waals surface area contributed by atoms with E-state index in [1.165, 1.54) is 0 Å². The Labute approximate surface area is 160 Å². The van der Waals surface area contributed by atoms with Crippen LogP contribution in [0.1, 0.15) is 31.8 Å². The van der Waals surface area contributed by atoms with Crippen LogP contribution in [0.2, 0.25) is 0 Å². The van der Waals surface area contributed by atoms with Gasteiger partial charge in [0.05, 0.1) is 0 Å². The zero-order valence-corrected chi connectivity index (χ0v) is 15.4. The number of carbonyl (C=O) groups excluding carboxylic acids is 2. The highest BCUT2D eigenvalue weighted by Gasteiger charge is 2.37. The topological polar surface area (TPSA) is 34.1 Å². The number of Topliss-reactive ketones (excluding diaryl/α,β-unsaturated/α-hetero) is 2. The lowest BCUT2D eigenvalue weighted by Crippen LogP contribution is -2.31. The van der Waals surface area contributed by atoms with Gasteiger partial charge in [0, 0.05) is 16.7 Å². The Kier molecular flexibility index (Phi) is 4.39. The molecular formula is C23H15BrO2. The molecule has 126 valence electrons. The second-order valence-electron chi connectivity index (χ2n) is 6.12. The van der Waals surface area contributed by atoms with Crippen molar-refractivity contribution in [2.45, 2.75) is 4.83 Å². The molecule has 0 spiro atoms. The zero-order valence-electron chi connectivity index (χ0n) is 13.9. The van der Waals surface area contributed by atoms with Gasteiger partial charge >= 0.3 is 0 Å². The summed E-state index contributed by atoms with van der Waals surface area (Å²) >= 11 is 3.50. The number of allylic oxidation sites excluding steroid dienone is 1. The van der Waals surface area contributed by atoms with Gasteiger partial charge in [-0.3, -0.25) is 9.59 Å². The highest BCUT2D eigenvalue weighted by Crippen LogP contribution is 2.37. The summed E-state index contributed by atoms with van der Waals surface area (Å²) in [4.78, 5) is 25.6. The lowest BCUT2D eigenvalue weighted by Gasteiger charge is -2.25. The Bertz CT molecular complexity index is 979. The van der Waals surface area contributed by atoms with E-state index in [1.54, 1.807) is 24.3 Å². The summed E-state index contributed by atoms with van der Waals surface area (Å²) in [6.07, 6.45) is 0. The predicted molar refractivity (Wildman–Crippen MR) is 107 cm³/mol. The van der Waals surface area contributed by atoms with Crippen molar-refractivity contribution in [3.05, 3.63) is 113 Å². The van der Waals surface area contributed by atoms with Crippen molar-refractivity contribution in [3.63, 3.8) is 0 Å². The monoisotopic (exact) mass is 402 g/mol. The number of fused-ring (bicyclic) bond motifs is 1. The maximum atomic E-state index is 13.3. The van der Waals surface area contributed by atoms with Gasteiger partial charge in [-0.15, -0.1) is 0 Å². The molecule has 0 radical (unpaired) electrons. The molecule has 0 N–H and O–H groups in total. The minimum atomic E-state index is -0.666. The average molecular weight is 403 g/mol. The Morgan fingerprint density at radius 1 is 0.654 bits per heavy atom. The molecule has 0 heterocycles. The number of ketones is 2. The summed E-state index contributed by atoms with van der Waals surface area (Å²) in [5.41, 5.74) is 4.06. The van der Waals surface area contributed by atoms with Gasteiger partial charge in [-0.1, -0.05) is 101 Å². The standard InChI is InChI=1S/C23H15BrO2/c24-21-20(22(25)17-13-7-8-14-18(17)23(21)26)19(15-9-3-1-4-10-15)16-11-5-2-6-12-16/h1-14,21H. The molecule has 1 aliphatic rings. The van der Waals surface area contributed by atoms with Crippen LogP contribution in [-0.4, -0.2) is 16.4 Å². The molecule has 0 bridgehead atoms. The van der Waals surface area contributed by atoms with Crippen molar-refractivity contribution in [1.82, 2.24) is 0 Å². The largest absolute Gasteiger partial charge is 0.293 e. The quantitative estimate of drug-likeness (QED) is 0.428. The van der Waals surface area contributed by atoms with Crippen molar-refractivity contribution < 1.29 is 9.59 Å². The van der Waals surface area contributed by atoms with Gasteiger partial charge < -0.3 is 0 Å². The summed E-state index contributed by atoms with van der Waals surface area (Å²) in [5.74, 6) is -0.190. The van der Waals surface area contributed by atoms with Crippen LogP contribution in [0.5, 0.6) is 0 Å². The van der Waals surface area contributed by atoms with E-state index in [9.17, 15) is 9.59 Å². The number of hydrogen-bond acceptors (Lipinski definition) is 2. The van der Waals surface area contributed by atoms with Gasteiger partial charge in [-0.2, -0.15) is 0 Å². The van der Waals surface area contributed by atoms with Gasteiger partial charge in [0.1, 0.15) is 4.83 Å². The lowest BCUT2D eigenvalue weighted by atomic mass is 9.80. The summed E-state index contributed by atoms with van der Waals surface area (Å²) in [7, 11) is 0. The molecule has 4 rings (SSSR count). The van der Waals surface area contributed by atoms with Crippen LogP contribution in [-0.2, 0) is 0 Å². The fourth-order valence-electron chi connectivity index (χ4n) is 3.35. The molecule has 0 saturated heterocycles. The molecule has 0 saturated carbocycles. The summed E-state index contributed by atoms with van der Waals surface area (Å²) < 4.78 is 0. The molecule has 3 aromatic carbocycles. The minimum absolute atomic E-state index is 0.0837. The van der Waals surface area contributed by atoms with Gasteiger partial charge in [-0.25, -0.2) is 0 Å². The Morgan fingerprint density at radius 3 is 1.65 bits per heavy atom. The van der Waals surface area contributed by atoms with E-state index in [2.05, 4.69) is 15.9 Å². The third-order valence-corrected chi connectivity index (χ3v) is 5.43. The number of carbonyl (C=O) groups is 2. The van der Waals surface area contributed by atoms with E-state index in [-0.39, 0.29) is 11.6 Å². The fraction of sp³-hybridized carbons (Fsp3) is 0.0435. The molecule has 1 atom stereocenters. The maximum Gasteiger partial charge on any atom is 0.191 e. The summed E-state index contributed by atoms with van der Waals surface area (Å²) in [6, 6.07) is 26.5. The van der Waals surface area contributed by atoms with E-state index in [4.69, 9.17) is 0 Å². The second-order valence-corrected chi connectivity index (χ2v) is 7.04. The van der Waals surface area contributed by atoms with E-state index in [0.717, 1.165) is 16.7 Å². The van der Waals surface area contributed by atoms with Crippen molar-refractivity contribution in [3.8, 4) is 0 Å². The number of hydrogen-bond donors (Lipinski definition) is 0. The second kappa shape index (κ2) is 6.85. The van der Waals surface area contributed by atoms with Crippen LogP contribution in [0, 0.1) is 0 Å². The van der Waals surface area contributed by atoms with E-state index < -0.39 is 4.83 Å². The Balaban J connectivity index is 2.04. The summed E-state index contributed by atoms with van der Waals surface area (Å²) in [5, 5.41) is 0. The molecule has 26 heavy (non-hydrogen) atoms. The number of alkyl halides is 1. The van der Waals surface area contributed by atoms with Crippen molar-refractivity contribution >= 4 is 33.1 Å². The first-order chi connectivity index (χ1) is 12.7. The zero-order chi connectivity index (χ0) is 18.1. The number of rotatable bonds is 2. The number of benzene rings is 3. The first kappa shape index (κ1) is 16.7. The van der Waals surface area contributed by atoms with Crippen molar-refractivity contribution in [2.24, 2.45) is 0 Å². The molecule has 3 heteroatoms. The van der Waals surface area contributed by atoms with Crippen LogP contribution in [0.15, 0.2) is 90.5 Å². The average Bonchev–Trinajstić information content (AvgIpc) is 2.71. The molecule has 2 nitrogen and oxygen atoms in total. The SMILES string of the molecule is O=C1C(=C(c2ccccc2)c2ccccc2)C(Br)C(=O)c2ccccc21. The lowest BCUT2D eigenvalue weighted by molar-refractivity contribution is 0.0943. The van der Waals surface area contributed by atoms with Gasteiger partial charge in [-0.05, 0) is 16.7 Å². The first-order valence-electron chi connectivity index (χ1n) is 8.35. The highest BCUT2D eigenvalue weighted by molar-refractivity contribution is 9.10. The van der Waals surface area contributed by atoms with Crippen LogP contribution >= 0.6 is 15.9 Å². The molecular weight excluding hydrogens is 388 g/mol. The van der Waals surface area contributed by atoms with Crippen LogP contribution in [0.3, 0.4) is 0 Å². The van der Waals surface area contributed by atoms with Crippen LogP contribution in [0.25, 0.3) is 5.57 Å². The Morgan fingerprint density at radius 2 is 1.12 bits per heavy atom. The molecule has 1 unspecified atom stereocenters. The molecule has 1 aliphatic carbocycles. The molecule has 0 aromatic heterocycles. The molecule has 0 amide bonds. The third-order valence-electron chi connectivity index (χ3n) is 4.56. The van der Waals surface area contributed by atoms with Crippen LogP contribution < -0.4 is 0 Å². The maximum absolute atomic E-state index is 13.3. The highest BCUT2D eigenvalue weighted by atomic mass is 79.9. The molecule has 0 fully saturated rings. The number of halogens is 1. The predicted octanol–water partition coefficient (Wildman–Crippen LogP) is 5.33. The van der Waals surface area contributed by atoms with E-state index in [1.807, 2.05) is 60.7 Å². The Hall–Kier alpha value is -2.78. The molecule has 0 aliphatic heterocycles.